The Kier molecular flexibility index (Phi) is 10.7. The second kappa shape index (κ2) is 15.1. The van der Waals surface area contributed by atoms with Gasteiger partial charge in [0.25, 0.3) is 5.91 Å². The number of amides is 4. The number of carbonyl (C=O) groups excluding carboxylic acids is 3. The van der Waals surface area contributed by atoms with E-state index in [-0.39, 0.29) is 36.2 Å². The highest BCUT2D eigenvalue weighted by atomic mass is 79.9. The van der Waals surface area contributed by atoms with Crippen LogP contribution < -0.4 is 5.32 Å². The lowest BCUT2D eigenvalue weighted by atomic mass is 9.94. The zero-order chi connectivity index (χ0) is 33.8. The number of urea groups is 1. The van der Waals surface area contributed by atoms with Gasteiger partial charge in [0.05, 0.1) is 4.47 Å². The van der Waals surface area contributed by atoms with Crippen molar-refractivity contribution in [2.24, 2.45) is 0 Å². The summed E-state index contributed by atoms with van der Waals surface area (Å²) in [5, 5.41) is 22.8. The highest BCUT2D eigenvalue weighted by molar-refractivity contribution is 9.10. The maximum absolute atomic E-state index is 14.0. The number of anilines is 1. The minimum Gasteiger partial charge on any atom is -0.507 e. The number of fused-ring (bicyclic) bond motifs is 1. The molecule has 4 amide bonds. The zero-order valence-electron chi connectivity index (χ0n) is 27.1. The molecule has 2 atom stereocenters. The van der Waals surface area contributed by atoms with Gasteiger partial charge in [0.2, 0.25) is 0 Å². The summed E-state index contributed by atoms with van der Waals surface area (Å²) in [6, 6.07) is 12.2. The molecule has 0 spiro atoms. The average Bonchev–Trinajstić information content (AvgIpc) is 3.27. The first-order chi connectivity index (χ1) is 23.2. The molecule has 258 valence electrons. The molecule has 4 aliphatic rings. The number of likely N-dealkylation sites (tertiary alicyclic amines) is 3. The van der Waals surface area contributed by atoms with Crippen LogP contribution in [0.1, 0.15) is 56.1 Å². The summed E-state index contributed by atoms with van der Waals surface area (Å²) < 4.78 is 6.45. The Morgan fingerprint density at radius 3 is 2.33 bits per heavy atom. The van der Waals surface area contributed by atoms with Crippen LogP contribution in [0.25, 0.3) is 0 Å². The summed E-state index contributed by atoms with van der Waals surface area (Å²) in [6.45, 7) is 3.05. The van der Waals surface area contributed by atoms with Crippen LogP contribution in [0.5, 0.6) is 5.75 Å². The van der Waals surface area contributed by atoms with Crippen molar-refractivity contribution in [3.8, 4) is 5.75 Å². The number of aromatic hydroxyl groups is 1. The number of rotatable bonds is 7. The number of hydrogen-bond acceptors (Lipinski definition) is 7. The molecule has 0 radical (unpaired) electrons. The van der Waals surface area contributed by atoms with E-state index in [0.717, 1.165) is 42.6 Å². The molecule has 0 unspecified atom stereocenters. The first-order valence-corrected chi connectivity index (χ1v) is 17.8. The number of benzene rings is 2. The predicted molar refractivity (Wildman–Crippen MR) is 182 cm³/mol. The third-order valence-corrected chi connectivity index (χ3v) is 11.0. The molecule has 13 heteroatoms. The molecule has 2 aromatic rings. The first kappa shape index (κ1) is 34.0. The van der Waals surface area contributed by atoms with Crippen LogP contribution in [-0.2, 0) is 27.2 Å². The Morgan fingerprint density at radius 1 is 0.896 bits per heavy atom. The third-order valence-electron chi connectivity index (χ3n) is 10.3. The number of carbonyl (C=O) groups is 4. The maximum atomic E-state index is 14.0. The molecule has 0 aliphatic carbocycles. The largest absolute Gasteiger partial charge is 0.507 e. The van der Waals surface area contributed by atoms with Gasteiger partial charge in [-0.15, -0.1) is 0 Å². The van der Waals surface area contributed by atoms with Gasteiger partial charge in [0, 0.05) is 56.9 Å². The monoisotopic (exact) mass is 725 g/mol. The van der Waals surface area contributed by atoms with Crippen LogP contribution in [0.3, 0.4) is 0 Å². The molecule has 4 heterocycles. The molecule has 0 aromatic heterocycles. The molecule has 2 aromatic carbocycles. The number of halogens is 1. The van der Waals surface area contributed by atoms with Crippen molar-refractivity contribution < 1.29 is 34.1 Å². The summed E-state index contributed by atoms with van der Waals surface area (Å²) in [5.74, 6) is -0.998. The van der Waals surface area contributed by atoms with Crippen LogP contribution in [-0.4, -0.2) is 117 Å². The number of phenols is 1. The van der Waals surface area contributed by atoms with E-state index in [0.29, 0.717) is 69.3 Å². The van der Waals surface area contributed by atoms with Crippen molar-refractivity contribution in [3.05, 3.63) is 58.1 Å². The lowest BCUT2D eigenvalue weighted by molar-refractivity contribution is -0.148. The second-order valence-electron chi connectivity index (χ2n) is 13.3. The van der Waals surface area contributed by atoms with E-state index >= 15 is 0 Å². The van der Waals surface area contributed by atoms with Crippen molar-refractivity contribution in [1.29, 1.82) is 0 Å². The summed E-state index contributed by atoms with van der Waals surface area (Å²) in [7, 11) is 0. The molecule has 6 rings (SSSR count). The quantitative estimate of drug-likeness (QED) is 0.374. The topological polar surface area (TPSA) is 143 Å². The highest BCUT2D eigenvalue weighted by Gasteiger charge is 2.38. The van der Waals surface area contributed by atoms with Gasteiger partial charge in [-0.2, -0.15) is 0 Å². The van der Waals surface area contributed by atoms with E-state index in [2.05, 4.69) is 26.1 Å². The summed E-state index contributed by atoms with van der Waals surface area (Å²) in [6.07, 6.45) is 4.30. The van der Waals surface area contributed by atoms with E-state index in [1.165, 1.54) is 6.07 Å². The van der Waals surface area contributed by atoms with Gasteiger partial charge in [-0.3, -0.25) is 14.5 Å². The van der Waals surface area contributed by atoms with E-state index in [4.69, 9.17) is 4.74 Å². The van der Waals surface area contributed by atoms with Crippen LogP contribution in [0.2, 0.25) is 0 Å². The third kappa shape index (κ3) is 7.72. The summed E-state index contributed by atoms with van der Waals surface area (Å²) >= 11 is 3.34. The SMILES string of the molecule is O=C(O)[C@@H]1CCCCN1C1CCN(C(=O)[C@@H](Cc2ccc(O)c(Br)c2)OC(=O)N2CCC(N3CCc4ccccc4NC3=O)CC2)CC1. The van der Waals surface area contributed by atoms with Gasteiger partial charge in [0.15, 0.2) is 6.10 Å². The number of hydrogen-bond donors (Lipinski definition) is 3. The van der Waals surface area contributed by atoms with Gasteiger partial charge in [0.1, 0.15) is 11.8 Å². The van der Waals surface area contributed by atoms with Crippen LogP contribution >= 0.6 is 15.9 Å². The Hall–Kier alpha value is -3.84. The van der Waals surface area contributed by atoms with E-state index < -0.39 is 24.2 Å². The van der Waals surface area contributed by atoms with Gasteiger partial charge >= 0.3 is 18.1 Å². The molecule has 12 nitrogen and oxygen atoms in total. The maximum Gasteiger partial charge on any atom is 0.410 e. The number of carboxylic acids is 1. The number of nitrogens with one attached hydrogen (secondary N) is 1. The number of ether oxygens (including phenoxy) is 1. The second-order valence-corrected chi connectivity index (χ2v) is 14.1. The Balaban J connectivity index is 1.08. The average molecular weight is 727 g/mol. The fraction of sp³-hybridized carbons (Fsp3) is 0.543. The Bertz CT molecular complexity index is 1510. The number of piperidine rings is 3. The van der Waals surface area contributed by atoms with Gasteiger partial charge in [-0.1, -0.05) is 30.7 Å². The molecule has 3 saturated heterocycles. The lowest BCUT2D eigenvalue weighted by Gasteiger charge is -2.43. The van der Waals surface area contributed by atoms with Crippen LogP contribution in [0.4, 0.5) is 15.3 Å². The zero-order valence-corrected chi connectivity index (χ0v) is 28.6. The van der Waals surface area contributed by atoms with E-state index in [1.54, 1.807) is 21.9 Å². The number of nitrogens with zero attached hydrogens (tertiary/aromatic N) is 4. The van der Waals surface area contributed by atoms with Crippen molar-refractivity contribution in [2.75, 3.05) is 44.6 Å². The Morgan fingerprint density at radius 2 is 1.60 bits per heavy atom. The minimum absolute atomic E-state index is 0.0166. The molecule has 0 saturated carbocycles. The van der Waals surface area contributed by atoms with Crippen molar-refractivity contribution in [1.82, 2.24) is 19.6 Å². The summed E-state index contributed by atoms with van der Waals surface area (Å²) in [4.78, 5) is 59.8. The highest BCUT2D eigenvalue weighted by Crippen LogP contribution is 2.29. The lowest BCUT2D eigenvalue weighted by Crippen LogP contribution is -2.55. The number of para-hydroxylation sites is 1. The van der Waals surface area contributed by atoms with Gasteiger partial charge < -0.3 is 35.0 Å². The molecule has 48 heavy (non-hydrogen) atoms. The van der Waals surface area contributed by atoms with Crippen LogP contribution in [0, 0.1) is 0 Å². The fourth-order valence-corrected chi connectivity index (χ4v) is 8.07. The molecule has 3 N–H and O–H groups in total. The predicted octanol–water partition coefficient (Wildman–Crippen LogP) is 4.69. The minimum atomic E-state index is -1.07. The normalized spacial score (nSPS) is 22.0. The standard InChI is InChI=1S/C35H44BrN5O7/c36-27-21-23(8-9-30(27)42)22-31(32(43)38-16-11-25(12-17-38)40-15-4-3-7-29(40)33(44)45)48-35(47)39-18-13-26(14-19-39)41-20-10-24-5-1-2-6-28(24)37-34(41)46/h1-2,5-6,8-9,21,25-26,29,31,42H,3-4,7,10-20,22H2,(H,37,46)(H,44,45)/t29-,31+/m0/s1. The van der Waals surface area contributed by atoms with Gasteiger partial charge in [-0.25, -0.2) is 9.59 Å². The van der Waals surface area contributed by atoms with Crippen molar-refractivity contribution in [3.63, 3.8) is 0 Å². The number of phenolic OH excluding ortho intramolecular Hbond substituents is 1. The van der Waals surface area contributed by atoms with E-state index in [1.807, 2.05) is 29.2 Å². The van der Waals surface area contributed by atoms with Crippen LogP contribution in [0.15, 0.2) is 46.9 Å². The fourth-order valence-electron chi connectivity index (χ4n) is 7.64. The molecule has 0 bridgehead atoms. The van der Waals surface area contributed by atoms with Crippen molar-refractivity contribution >= 4 is 45.6 Å². The Labute approximate surface area is 289 Å². The first-order valence-electron chi connectivity index (χ1n) is 17.0. The molecule has 4 aliphatic heterocycles. The number of aliphatic carboxylic acids is 1. The summed E-state index contributed by atoms with van der Waals surface area (Å²) in [5.41, 5.74) is 2.67. The molecular weight excluding hydrogens is 682 g/mol. The number of carboxylic acid groups (broad SMARTS) is 1. The van der Waals surface area contributed by atoms with Gasteiger partial charge in [-0.05, 0) is 96.7 Å². The smallest absolute Gasteiger partial charge is 0.410 e. The van der Waals surface area contributed by atoms with Crippen molar-refractivity contribution in [2.45, 2.75) is 82.0 Å². The van der Waals surface area contributed by atoms with E-state index in [9.17, 15) is 29.4 Å². The molecular formula is C35H44BrN5O7. The molecule has 3 fully saturated rings.